The number of pyridine rings is 1. The molecule has 0 fully saturated rings. The van der Waals surface area contributed by atoms with Gasteiger partial charge in [0.2, 0.25) is 0 Å². The minimum Gasteiger partial charge on any atom is -0.306 e. The maximum absolute atomic E-state index is 12.1. The average molecular weight is 296 g/mol. The summed E-state index contributed by atoms with van der Waals surface area (Å²) in [7, 11) is 0. The Morgan fingerprint density at radius 1 is 1.00 bits per heavy atom. The fourth-order valence-corrected chi connectivity index (χ4v) is 2.76. The summed E-state index contributed by atoms with van der Waals surface area (Å²) in [5, 5.41) is 3.77. The van der Waals surface area contributed by atoms with E-state index in [4.69, 9.17) is 0 Å². The summed E-state index contributed by atoms with van der Waals surface area (Å²) < 4.78 is 0. The van der Waals surface area contributed by atoms with E-state index in [0.29, 0.717) is 15.6 Å². The van der Waals surface area contributed by atoms with E-state index < -0.39 is 0 Å². The fourth-order valence-electron chi connectivity index (χ4n) is 1.96. The monoisotopic (exact) mass is 296 g/mol. The average Bonchev–Trinajstić information content (AvgIpc) is 2.97. The number of benzene rings is 1. The van der Waals surface area contributed by atoms with E-state index in [0.717, 1.165) is 10.9 Å². The second-order valence-electron chi connectivity index (χ2n) is 4.56. The number of anilines is 1. The van der Waals surface area contributed by atoms with Gasteiger partial charge in [0.05, 0.1) is 15.3 Å². The number of fused-ring (bicyclic) bond motifs is 1. The van der Waals surface area contributed by atoms with Crippen molar-refractivity contribution in [2.75, 3.05) is 5.32 Å². The van der Waals surface area contributed by atoms with Crippen molar-refractivity contribution < 1.29 is 9.59 Å². The van der Waals surface area contributed by atoms with Crippen molar-refractivity contribution in [2.45, 2.75) is 6.92 Å². The quantitative estimate of drug-likeness (QED) is 0.749. The van der Waals surface area contributed by atoms with Gasteiger partial charge in [0, 0.05) is 5.39 Å². The lowest BCUT2D eigenvalue weighted by Crippen LogP contribution is -2.11. The predicted octanol–water partition coefficient (Wildman–Crippen LogP) is 3.75. The van der Waals surface area contributed by atoms with Crippen molar-refractivity contribution in [2.24, 2.45) is 0 Å². The van der Waals surface area contributed by atoms with Gasteiger partial charge in [-0.1, -0.05) is 18.2 Å². The van der Waals surface area contributed by atoms with E-state index in [1.54, 1.807) is 18.2 Å². The van der Waals surface area contributed by atoms with Crippen molar-refractivity contribution in [3.8, 4) is 0 Å². The van der Waals surface area contributed by atoms with Gasteiger partial charge in [0.25, 0.3) is 5.91 Å². The van der Waals surface area contributed by atoms with Crippen LogP contribution >= 0.6 is 11.3 Å². The van der Waals surface area contributed by atoms with Crippen molar-refractivity contribution in [3.05, 3.63) is 58.3 Å². The number of nitrogens with zero attached hydrogens (tertiary/aromatic N) is 1. The van der Waals surface area contributed by atoms with Crippen LogP contribution in [0.15, 0.2) is 48.5 Å². The Morgan fingerprint density at radius 2 is 1.76 bits per heavy atom. The van der Waals surface area contributed by atoms with E-state index in [1.807, 2.05) is 30.3 Å². The number of rotatable bonds is 3. The molecule has 1 N–H and O–H groups in total. The van der Waals surface area contributed by atoms with Gasteiger partial charge in [-0.25, -0.2) is 4.98 Å². The fraction of sp³-hybridized carbons (Fsp3) is 0.0625. The highest BCUT2D eigenvalue weighted by Gasteiger charge is 2.12. The summed E-state index contributed by atoms with van der Waals surface area (Å²) in [6.07, 6.45) is 0. The van der Waals surface area contributed by atoms with Gasteiger partial charge in [-0.3, -0.25) is 9.59 Å². The molecule has 0 saturated heterocycles. The molecule has 0 aliphatic rings. The van der Waals surface area contributed by atoms with Gasteiger partial charge >= 0.3 is 0 Å². The Hall–Kier alpha value is -2.53. The molecule has 4 nitrogen and oxygen atoms in total. The zero-order valence-corrected chi connectivity index (χ0v) is 12.1. The Labute approximate surface area is 125 Å². The number of hydrogen-bond donors (Lipinski definition) is 1. The molecule has 3 rings (SSSR count). The molecule has 5 heteroatoms. The van der Waals surface area contributed by atoms with Gasteiger partial charge in [0.1, 0.15) is 5.82 Å². The van der Waals surface area contributed by atoms with Gasteiger partial charge in [-0.15, -0.1) is 11.3 Å². The first-order valence-electron chi connectivity index (χ1n) is 6.41. The van der Waals surface area contributed by atoms with E-state index in [1.165, 1.54) is 18.3 Å². The van der Waals surface area contributed by atoms with Crippen LogP contribution in [0.4, 0.5) is 5.82 Å². The third-order valence-corrected chi connectivity index (χ3v) is 4.20. The summed E-state index contributed by atoms with van der Waals surface area (Å²) in [6, 6.07) is 14.7. The van der Waals surface area contributed by atoms with Crippen molar-refractivity contribution in [3.63, 3.8) is 0 Å². The largest absolute Gasteiger partial charge is 0.306 e. The molecular weight excluding hydrogens is 284 g/mol. The Balaban J connectivity index is 1.83. The second kappa shape index (κ2) is 5.46. The first-order valence-corrected chi connectivity index (χ1v) is 7.23. The number of hydrogen-bond acceptors (Lipinski definition) is 4. The Morgan fingerprint density at radius 3 is 2.52 bits per heavy atom. The third-order valence-electron chi connectivity index (χ3n) is 3.02. The number of Topliss-reactive ketones (excluding diaryl/α,β-unsaturated/α-hetero) is 1. The number of aromatic nitrogens is 1. The van der Waals surface area contributed by atoms with Crippen LogP contribution in [0.2, 0.25) is 0 Å². The van der Waals surface area contributed by atoms with Crippen molar-refractivity contribution >= 4 is 39.7 Å². The molecule has 0 saturated carbocycles. The molecular formula is C16H12N2O2S. The van der Waals surface area contributed by atoms with Gasteiger partial charge in [-0.05, 0) is 37.3 Å². The third kappa shape index (κ3) is 2.83. The number of nitrogens with one attached hydrogen (secondary N) is 1. The standard InChI is InChI=1S/C16H12N2O2S/c1-10(19)13-7-8-14(21-13)16(20)18-15-9-6-11-4-2-3-5-12(11)17-15/h2-9H,1H3,(H,17,18,20). The summed E-state index contributed by atoms with van der Waals surface area (Å²) in [5.41, 5.74) is 0.825. The number of ketones is 1. The van der Waals surface area contributed by atoms with E-state index >= 15 is 0 Å². The van der Waals surface area contributed by atoms with E-state index in [2.05, 4.69) is 10.3 Å². The lowest BCUT2D eigenvalue weighted by Gasteiger charge is -2.04. The summed E-state index contributed by atoms with van der Waals surface area (Å²) in [4.78, 5) is 28.8. The number of carbonyl (C=O) groups is 2. The maximum Gasteiger partial charge on any atom is 0.266 e. The highest BCUT2D eigenvalue weighted by atomic mass is 32.1. The molecule has 0 unspecified atom stereocenters. The normalized spacial score (nSPS) is 10.5. The minimum atomic E-state index is -0.254. The molecule has 21 heavy (non-hydrogen) atoms. The van der Waals surface area contributed by atoms with Crippen LogP contribution in [0.5, 0.6) is 0 Å². The molecule has 0 atom stereocenters. The Kier molecular flexibility index (Phi) is 3.50. The molecule has 0 spiro atoms. The first-order chi connectivity index (χ1) is 10.1. The van der Waals surface area contributed by atoms with Crippen LogP contribution in [0.1, 0.15) is 26.3 Å². The topological polar surface area (TPSA) is 59.1 Å². The first kappa shape index (κ1) is 13.5. The smallest absolute Gasteiger partial charge is 0.266 e. The highest BCUT2D eigenvalue weighted by molar-refractivity contribution is 7.16. The van der Waals surface area contributed by atoms with Crippen LogP contribution in [-0.4, -0.2) is 16.7 Å². The predicted molar refractivity (Wildman–Crippen MR) is 84.0 cm³/mol. The van der Waals surface area contributed by atoms with Crippen molar-refractivity contribution in [1.82, 2.24) is 4.98 Å². The molecule has 1 amide bonds. The molecule has 0 bridgehead atoms. The molecule has 0 aliphatic carbocycles. The highest BCUT2D eigenvalue weighted by Crippen LogP contribution is 2.19. The molecule has 0 aliphatic heterocycles. The molecule has 2 heterocycles. The summed E-state index contributed by atoms with van der Waals surface area (Å²) in [5.74, 6) is 0.203. The van der Waals surface area contributed by atoms with Crippen LogP contribution in [0.25, 0.3) is 10.9 Å². The summed E-state index contributed by atoms with van der Waals surface area (Å²) in [6.45, 7) is 1.48. The zero-order chi connectivity index (χ0) is 14.8. The lowest BCUT2D eigenvalue weighted by molar-refractivity contribution is 0.101. The van der Waals surface area contributed by atoms with Crippen molar-refractivity contribution in [1.29, 1.82) is 0 Å². The maximum atomic E-state index is 12.1. The number of amides is 1. The van der Waals surface area contributed by atoms with Crippen LogP contribution in [-0.2, 0) is 0 Å². The summed E-state index contributed by atoms with van der Waals surface area (Å²) >= 11 is 1.18. The minimum absolute atomic E-state index is 0.0390. The van der Waals surface area contributed by atoms with E-state index in [-0.39, 0.29) is 11.7 Å². The molecule has 0 radical (unpaired) electrons. The molecule has 3 aromatic rings. The number of para-hydroxylation sites is 1. The van der Waals surface area contributed by atoms with E-state index in [9.17, 15) is 9.59 Å². The van der Waals surface area contributed by atoms with Gasteiger partial charge < -0.3 is 5.32 Å². The number of thiophene rings is 1. The second-order valence-corrected chi connectivity index (χ2v) is 5.65. The Bertz CT molecular complexity index is 839. The van der Waals surface area contributed by atoms with Crippen LogP contribution in [0.3, 0.4) is 0 Å². The SMILES string of the molecule is CC(=O)c1ccc(C(=O)Nc2ccc3ccccc3n2)s1. The molecule has 104 valence electrons. The molecule has 2 aromatic heterocycles. The van der Waals surface area contributed by atoms with Crippen LogP contribution < -0.4 is 5.32 Å². The lowest BCUT2D eigenvalue weighted by atomic mass is 10.2. The number of carbonyl (C=O) groups excluding carboxylic acids is 2. The van der Waals surface area contributed by atoms with Gasteiger partial charge in [0.15, 0.2) is 5.78 Å². The van der Waals surface area contributed by atoms with Gasteiger partial charge in [-0.2, -0.15) is 0 Å². The molecule has 1 aromatic carbocycles. The zero-order valence-electron chi connectivity index (χ0n) is 11.3. The van der Waals surface area contributed by atoms with Crippen LogP contribution in [0, 0.1) is 0 Å².